The van der Waals surface area contributed by atoms with E-state index in [0.717, 1.165) is 28.8 Å². The second-order valence-corrected chi connectivity index (χ2v) is 6.34. The lowest BCUT2D eigenvalue weighted by atomic mass is 9.99. The lowest BCUT2D eigenvalue weighted by molar-refractivity contribution is 0.559. The molecule has 2 heterocycles. The Morgan fingerprint density at radius 2 is 1.76 bits per heavy atom. The van der Waals surface area contributed by atoms with Crippen molar-refractivity contribution in [2.45, 2.75) is 44.4 Å². The monoisotopic (exact) mass is 347 g/mol. The van der Waals surface area contributed by atoms with Crippen molar-refractivity contribution in [1.29, 1.82) is 0 Å². The summed E-state index contributed by atoms with van der Waals surface area (Å²) in [6.07, 6.45) is 9.09. The van der Waals surface area contributed by atoms with Crippen molar-refractivity contribution in [2.75, 3.05) is 5.73 Å². The molecule has 21 heavy (non-hydrogen) atoms. The fourth-order valence-corrected chi connectivity index (χ4v) is 2.99. The molecule has 2 aromatic rings. The van der Waals surface area contributed by atoms with Crippen LogP contribution in [-0.4, -0.2) is 19.9 Å². The first-order valence-electron chi connectivity index (χ1n) is 7.36. The van der Waals surface area contributed by atoms with Crippen LogP contribution in [0.1, 0.15) is 50.3 Å². The summed E-state index contributed by atoms with van der Waals surface area (Å²) in [5.41, 5.74) is 6.60. The van der Waals surface area contributed by atoms with Gasteiger partial charge in [0.05, 0.1) is 0 Å². The Hall–Kier alpha value is -1.56. The average Bonchev–Trinajstić information content (AvgIpc) is 2.76. The highest BCUT2D eigenvalue weighted by molar-refractivity contribution is 9.10. The van der Waals surface area contributed by atoms with Gasteiger partial charge < -0.3 is 5.73 Å². The number of anilines is 1. The fourth-order valence-electron chi connectivity index (χ4n) is 2.75. The van der Waals surface area contributed by atoms with Crippen molar-refractivity contribution < 1.29 is 0 Å². The molecule has 0 radical (unpaired) electrons. The molecular weight excluding hydrogens is 330 g/mol. The Labute approximate surface area is 132 Å². The van der Waals surface area contributed by atoms with Gasteiger partial charge in [-0.2, -0.15) is 9.97 Å². The van der Waals surface area contributed by atoms with Crippen molar-refractivity contribution in [3.05, 3.63) is 28.6 Å². The maximum absolute atomic E-state index is 5.87. The summed E-state index contributed by atoms with van der Waals surface area (Å²) in [7, 11) is 0. The summed E-state index contributed by atoms with van der Waals surface area (Å²) in [5.74, 6) is 2.06. The minimum atomic E-state index is 0.281. The topological polar surface area (TPSA) is 77.6 Å². The van der Waals surface area contributed by atoms with E-state index in [9.17, 15) is 0 Å². The largest absolute Gasteiger partial charge is 0.368 e. The number of hydrogen-bond donors (Lipinski definition) is 1. The van der Waals surface area contributed by atoms with Gasteiger partial charge in [0.1, 0.15) is 11.5 Å². The molecule has 1 saturated carbocycles. The van der Waals surface area contributed by atoms with E-state index in [-0.39, 0.29) is 5.95 Å². The second-order valence-electron chi connectivity index (χ2n) is 5.43. The van der Waals surface area contributed by atoms with Crippen LogP contribution in [0.25, 0.3) is 11.5 Å². The van der Waals surface area contributed by atoms with Crippen LogP contribution in [0.2, 0.25) is 0 Å². The van der Waals surface area contributed by atoms with Crippen molar-refractivity contribution in [3.63, 3.8) is 0 Å². The van der Waals surface area contributed by atoms with E-state index in [4.69, 9.17) is 5.73 Å². The molecule has 2 N–H and O–H groups in total. The molecule has 0 atom stereocenters. The molecule has 110 valence electrons. The highest BCUT2D eigenvalue weighted by atomic mass is 79.9. The Balaban J connectivity index is 1.93. The zero-order valence-corrected chi connectivity index (χ0v) is 13.4. The minimum Gasteiger partial charge on any atom is -0.368 e. The van der Waals surface area contributed by atoms with Gasteiger partial charge in [0.25, 0.3) is 0 Å². The Morgan fingerprint density at radius 3 is 2.43 bits per heavy atom. The van der Waals surface area contributed by atoms with Gasteiger partial charge in [0, 0.05) is 16.6 Å². The summed E-state index contributed by atoms with van der Waals surface area (Å²) >= 11 is 3.38. The first-order chi connectivity index (χ1) is 10.2. The lowest BCUT2D eigenvalue weighted by Crippen LogP contribution is -2.09. The first kappa shape index (κ1) is 14.4. The smallest absolute Gasteiger partial charge is 0.223 e. The molecule has 1 fully saturated rings. The normalized spacial score (nSPS) is 16.6. The summed E-state index contributed by atoms with van der Waals surface area (Å²) in [6.45, 7) is 0. The zero-order chi connectivity index (χ0) is 14.7. The van der Waals surface area contributed by atoms with Crippen LogP contribution in [0.5, 0.6) is 0 Å². The van der Waals surface area contributed by atoms with Crippen LogP contribution in [0, 0.1) is 0 Å². The summed E-state index contributed by atoms with van der Waals surface area (Å²) in [4.78, 5) is 17.5. The molecule has 3 rings (SSSR count). The number of nitrogens with two attached hydrogens (primary N) is 1. The quantitative estimate of drug-likeness (QED) is 0.837. The number of rotatable bonds is 2. The van der Waals surface area contributed by atoms with Crippen molar-refractivity contribution in [2.24, 2.45) is 0 Å². The van der Waals surface area contributed by atoms with E-state index in [1.54, 1.807) is 6.20 Å². The van der Waals surface area contributed by atoms with E-state index in [1.165, 1.54) is 25.7 Å². The van der Waals surface area contributed by atoms with Gasteiger partial charge in [-0.15, -0.1) is 0 Å². The SMILES string of the molecule is Nc1nc(-c2ccc(Br)cn2)nc(C2CCCCCC2)n1. The number of halogens is 1. The molecule has 0 aromatic carbocycles. The second kappa shape index (κ2) is 6.47. The standard InChI is InChI=1S/C15H18BrN5/c16-11-7-8-12(18-9-11)14-19-13(20-15(17)21-14)10-5-3-1-2-4-6-10/h7-10H,1-6H2,(H2,17,19,20,21). The average molecular weight is 348 g/mol. The molecular formula is C15H18BrN5. The van der Waals surface area contributed by atoms with Crippen molar-refractivity contribution in [3.8, 4) is 11.5 Å². The van der Waals surface area contributed by atoms with Gasteiger partial charge in [0.2, 0.25) is 5.95 Å². The summed E-state index contributed by atoms with van der Waals surface area (Å²) < 4.78 is 0.928. The number of nitrogen functional groups attached to an aromatic ring is 1. The Kier molecular flexibility index (Phi) is 4.43. The maximum atomic E-state index is 5.87. The number of nitrogens with zero attached hydrogens (tertiary/aromatic N) is 4. The van der Waals surface area contributed by atoms with Gasteiger partial charge in [-0.25, -0.2) is 4.98 Å². The first-order valence-corrected chi connectivity index (χ1v) is 8.15. The van der Waals surface area contributed by atoms with Gasteiger partial charge in [0.15, 0.2) is 5.82 Å². The van der Waals surface area contributed by atoms with Gasteiger partial charge in [-0.1, -0.05) is 25.7 Å². The third-order valence-corrected chi connectivity index (χ3v) is 4.32. The van der Waals surface area contributed by atoms with Gasteiger partial charge in [-0.3, -0.25) is 4.98 Å². The number of aromatic nitrogens is 4. The van der Waals surface area contributed by atoms with E-state index in [2.05, 4.69) is 35.9 Å². The summed E-state index contributed by atoms with van der Waals surface area (Å²) in [5, 5.41) is 0. The molecule has 0 aliphatic heterocycles. The Morgan fingerprint density at radius 1 is 1.00 bits per heavy atom. The lowest BCUT2D eigenvalue weighted by Gasteiger charge is -2.13. The van der Waals surface area contributed by atoms with Crippen LogP contribution >= 0.6 is 15.9 Å². The third kappa shape index (κ3) is 3.56. The molecule has 0 unspecified atom stereocenters. The predicted octanol–water partition coefficient (Wildman–Crippen LogP) is 3.72. The molecule has 0 spiro atoms. The van der Waals surface area contributed by atoms with E-state index in [1.807, 2.05) is 12.1 Å². The highest BCUT2D eigenvalue weighted by Crippen LogP contribution is 2.30. The fraction of sp³-hybridized carbons (Fsp3) is 0.467. The van der Waals surface area contributed by atoms with Gasteiger partial charge in [-0.05, 0) is 40.9 Å². The molecule has 1 aliphatic rings. The van der Waals surface area contributed by atoms with E-state index in [0.29, 0.717) is 11.7 Å². The van der Waals surface area contributed by atoms with Crippen LogP contribution in [0.15, 0.2) is 22.8 Å². The molecule has 2 aromatic heterocycles. The molecule has 0 saturated heterocycles. The minimum absolute atomic E-state index is 0.281. The molecule has 6 heteroatoms. The zero-order valence-electron chi connectivity index (χ0n) is 11.8. The third-order valence-electron chi connectivity index (χ3n) is 3.85. The van der Waals surface area contributed by atoms with Crippen molar-refractivity contribution >= 4 is 21.9 Å². The number of pyridine rings is 1. The number of hydrogen-bond acceptors (Lipinski definition) is 5. The van der Waals surface area contributed by atoms with E-state index < -0.39 is 0 Å². The Bertz CT molecular complexity index is 606. The molecule has 1 aliphatic carbocycles. The summed E-state index contributed by atoms with van der Waals surface area (Å²) in [6, 6.07) is 3.81. The highest BCUT2D eigenvalue weighted by Gasteiger charge is 2.19. The molecule has 0 bridgehead atoms. The van der Waals surface area contributed by atoms with Crippen LogP contribution in [0.4, 0.5) is 5.95 Å². The van der Waals surface area contributed by atoms with Crippen LogP contribution < -0.4 is 5.73 Å². The molecule has 5 nitrogen and oxygen atoms in total. The van der Waals surface area contributed by atoms with Crippen LogP contribution in [0.3, 0.4) is 0 Å². The van der Waals surface area contributed by atoms with E-state index >= 15 is 0 Å². The van der Waals surface area contributed by atoms with Crippen molar-refractivity contribution in [1.82, 2.24) is 19.9 Å². The van der Waals surface area contributed by atoms with Crippen LogP contribution in [-0.2, 0) is 0 Å². The van der Waals surface area contributed by atoms with Gasteiger partial charge >= 0.3 is 0 Å². The molecule has 0 amide bonds. The predicted molar refractivity (Wildman–Crippen MR) is 85.6 cm³/mol. The maximum Gasteiger partial charge on any atom is 0.223 e.